The molecule has 2 heterocycles. The molecule has 4 rings (SSSR count). The second-order valence-corrected chi connectivity index (χ2v) is 6.81. The summed E-state index contributed by atoms with van der Waals surface area (Å²) in [6.07, 6.45) is 4.96. The summed E-state index contributed by atoms with van der Waals surface area (Å²) in [5.41, 5.74) is 5.07. The third-order valence-corrected chi connectivity index (χ3v) is 4.61. The topological polar surface area (TPSA) is 84.2 Å². The summed E-state index contributed by atoms with van der Waals surface area (Å²) < 4.78 is 1.62. The first kappa shape index (κ1) is 18.6. The smallest absolute Gasteiger partial charge is 0.308 e. The Balaban J connectivity index is 1.42. The van der Waals surface area contributed by atoms with E-state index in [2.05, 4.69) is 45.0 Å². The summed E-state index contributed by atoms with van der Waals surface area (Å²) in [6, 6.07) is 19.0. The lowest BCUT2D eigenvalue weighted by atomic mass is 10.1. The molecule has 2 aromatic heterocycles. The molecule has 0 atom stereocenters. The number of fused-ring (bicyclic) bond motifs is 1. The van der Waals surface area contributed by atoms with Gasteiger partial charge in [-0.05, 0) is 54.8 Å². The molecule has 0 aliphatic heterocycles. The Morgan fingerprint density at radius 1 is 1.00 bits per heavy atom. The van der Waals surface area contributed by atoms with E-state index in [-0.39, 0.29) is 6.03 Å². The van der Waals surface area contributed by atoms with E-state index in [1.807, 2.05) is 48.5 Å². The van der Waals surface area contributed by atoms with Gasteiger partial charge < -0.3 is 10.6 Å². The Hall–Kier alpha value is -3.74. The van der Waals surface area contributed by atoms with Crippen LogP contribution in [0.15, 0.2) is 67.0 Å². The molecule has 29 heavy (non-hydrogen) atoms. The molecule has 0 radical (unpaired) electrons. The van der Waals surface area contributed by atoms with E-state index < -0.39 is 0 Å². The number of aromatic nitrogens is 4. The Bertz CT molecular complexity index is 1120. The van der Waals surface area contributed by atoms with Crippen molar-refractivity contribution >= 4 is 23.1 Å². The van der Waals surface area contributed by atoms with Crippen molar-refractivity contribution in [1.82, 2.24) is 19.8 Å². The number of carbonyl (C=O) groups is 1. The van der Waals surface area contributed by atoms with Gasteiger partial charge in [-0.1, -0.05) is 37.6 Å². The van der Waals surface area contributed by atoms with Crippen LogP contribution in [0.2, 0.25) is 0 Å². The Labute approximate surface area is 168 Å². The normalized spacial score (nSPS) is 10.8. The third-order valence-electron chi connectivity index (χ3n) is 4.61. The van der Waals surface area contributed by atoms with Crippen molar-refractivity contribution in [3.05, 3.63) is 72.6 Å². The number of nitrogens with one attached hydrogen (secondary N) is 2. The third kappa shape index (κ3) is 4.57. The maximum absolute atomic E-state index is 12.4. The van der Waals surface area contributed by atoms with Crippen molar-refractivity contribution in [1.29, 1.82) is 0 Å². The molecule has 0 aliphatic carbocycles. The van der Waals surface area contributed by atoms with Gasteiger partial charge in [0.25, 0.3) is 0 Å². The molecule has 2 aromatic carbocycles. The zero-order chi connectivity index (χ0) is 20.1. The first-order valence-corrected chi connectivity index (χ1v) is 9.66. The fourth-order valence-electron chi connectivity index (χ4n) is 3.07. The predicted octanol–water partition coefficient (Wildman–Crippen LogP) is 4.78. The number of rotatable bonds is 6. The van der Waals surface area contributed by atoms with Gasteiger partial charge in [0.1, 0.15) is 6.33 Å². The molecule has 7 nitrogen and oxygen atoms in total. The second-order valence-electron chi connectivity index (χ2n) is 6.81. The van der Waals surface area contributed by atoms with Gasteiger partial charge in [0, 0.05) is 16.9 Å². The monoisotopic (exact) mass is 386 g/mol. The first-order valence-electron chi connectivity index (χ1n) is 9.66. The van der Waals surface area contributed by atoms with Crippen LogP contribution >= 0.6 is 0 Å². The summed E-state index contributed by atoms with van der Waals surface area (Å²) >= 11 is 0. The molecule has 0 saturated heterocycles. The molecule has 0 saturated carbocycles. The number of unbranched alkanes of at least 4 members (excludes halogenated alkanes) is 1. The molecule has 4 aromatic rings. The fraction of sp³-hybridized carbons (Fsp3) is 0.182. The highest BCUT2D eigenvalue weighted by molar-refractivity contribution is 6.00. The van der Waals surface area contributed by atoms with Crippen LogP contribution in [0.25, 0.3) is 16.9 Å². The van der Waals surface area contributed by atoms with Crippen LogP contribution in [0, 0.1) is 0 Å². The Morgan fingerprint density at radius 2 is 1.83 bits per heavy atom. The van der Waals surface area contributed by atoms with Crippen molar-refractivity contribution in [3.8, 4) is 11.3 Å². The van der Waals surface area contributed by atoms with E-state index in [9.17, 15) is 4.79 Å². The van der Waals surface area contributed by atoms with Gasteiger partial charge in [0.15, 0.2) is 5.65 Å². The fourth-order valence-corrected chi connectivity index (χ4v) is 3.07. The average molecular weight is 386 g/mol. The van der Waals surface area contributed by atoms with Crippen molar-refractivity contribution < 1.29 is 4.79 Å². The van der Waals surface area contributed by atoms with Gasteiger partial charge in [0.05, 0.1) is 5.69 Å². The minimum atomic E-state index is -0.286. The Kier molecular flexibility index (Phi) is 5.47. The minimum absolute atomic E-state index is 0.286. The van der Waals surface area contributed by atoms with Crippen LogP contribution in [-0.4, -0.2) is 25.8 Å². The van der Waals surface area contributed by atoms with Crippen LogP contribution in [-0.2, 0) is 6.42 Å². The van der Waals surface area contributed by atoms with E-state index in [1.165, 1.54) is 18.4 Å². The molecule has 0 fully saturated rings. The van der Waals surface area contributed by atoms with Crippen LogP contribution in [0.3, 0.4) is 0 Å². The molecule has 0 spiro atoms. The highest BCUT2D eigenvalue weighted by atomic mass is 16.2. The summed E-state index contributed by atoms with van der Waals surface area (Å²) in [5, 5.41) is 18.0. The summed E-state index contributed by atoms with van der Waals surface area (Å²) in [5.74, 6) is 0. The number of hydrogen-bond acceptors (Lipinski definition) is 4. The highest BCUT2D eigenvalue weighted by Crippen LogP contribution is 2.21. The summed E-state index contributed by atoms with van der Waals surface area (Å²) in [6.45, 7) is 2.18. The van der Waals surface area contributed by atoms with Gasteiger partial charge in [-0.3, -0.25) is 0 Å². The molecule has 2 N–H and O–H groups in total. The second kappa shape index (κ2) is 8.52. The number of anilines is 2. The highest BCUT2D eigenvalue weighted by Gasteiger charge is 2.07. The zero-order valence-corrected chi connectivity index (χ0v) is 16.2. The number of aryl methyl sites for hydroxylation is 1. The van der Waals surface area contributed by atoms with E-state index >= 15 is 0 Å². The lowest BCUT2D eigenvalue weighted by Crippen LogP contribution is -2.19. The number of amides is 2. The van der Waals surface area contributed by atoms with Crippen molar-refractivity contribution in [2.75, 3.05) is 10.6 Å². The quantitative estimate of drug-likeness (QED) is 0.499. The van der Waals surface area contributed by atoms with E-state index in [0.717, 1.165) is 23.4 Å². The van der Waals surface area contributed by atoms with Crippen molar-refractivity contribution in [3.63, 3.8) is 0 Å². The van der Waals surface area contributed by atoms with Gasteiger partial charge in [-0.2, -0.15) is 9.61 Å². The summed E-state index contributed by atoms with van der Waals surface area (Å²) in [4.78, 5) is 12.4. The van der Waals surface area contributed by atoms with E-state index in [1.54, 1.807) is 10.8 Å². The van der Waals surface area contributed by atoms with Crippen LogP contribution in [0.4, 0.5) is 16.2 Å². The van der Waals surface area contributed by atoms with E-state index in [4.69, 9.17) is 0 Å². The van der Waals surface area contributed by atoms with Crippen LogP contribution in [0.1, 0.15) is 25.3 Å². The lowest BCUT2D eigenvalue weighted by Gasteiger charge is -2.10. The molecular weight excluding hydrogens is 364 g/mol. The minimum Gasteiger partial charge on any atom is -0.308 e. The average Bonchev–Trinajstić information content (AvgIpc) is 3.21. The maximum Gasteiger partial charge on any atom is 0.323 e. The summed E-state index contributed by atoms with van der Waals surface area (Å²) in [7, 11) is 0. The SMILES string of the molecule is CCCCc1ccc(NC(=O)Nc2cccc(-c3ccc4nncn4n3)c2)cc1. The molecular formula is C22H22N6O. The molecule has 2 amide bonds. The lowest BCUT2D eigenvalue weighted by molar-refractivity contribution is 0.262. The number of hydrogen-bond donors (Lipinski definition) is 2. The molecule has 0 aliphatic rings. The molecule has 7 heteroatoms. The molecule has 0 unspecified atom stereocenters. The standard InChI is InChI=1S/C22H22N6O/c1-2-3-5-16-8-10-18(11-9-16)24-22(29)25-19-7-4-6-17(14-19)20-12-13-21-26-23-15-28(21)27-20/h4,6-15H,2-3,5H2,1H3,(H2,24,25,29). The van der Waals surface area contributed by atoms with Gasteiger partial charge in [-0.15, -0.1) is 10.2 Å². The van der Waals surface area contributed by atoms with E-state index in [0.29, 0.717) is 11.3 Å². The maximum atomic E-state index is 12.4. The van der Waals surface area contributed by atoms with Crippen LogP contribution in [0.5, 0.6) is 0 Å². The van der Waals surface area contributed by atoms with Crippen LogP contribution < -0.4 is 10.6 Å². The number of benzene rings is 2. The first-order chi connectivity index (χ1) is 14.2. The number of carbonyl (C=O) groups excluding carboxylic acids is 1. The largest absolute Gasteiger partial charge is 0.323 e. The zero-order valence-electron chi connectivity index (χ0n) is 16.2. The Morgan fingerprint density at radius 3 is 2.66 bits per heavy atom. The molecule has 0 bridgehead atoms. The van der Waals surface area contributed by atoms with Crippen molar-refractivity contribution in [2.45, 2.75) is 26.2 Å². The molecule has 146 valence electrons. The van der Waals surface area contributed by atoms with Gasteiger partial charge in [0.2, 0.25) is 0 Å². The number of nitrogens with zero attached hydrogens (tertiary/aromatic N) is 4. The van der Waals surface area contributed by atoms with Crippen molar-refractivity contribution in [2.24, 2.45) is 0 Å². The van der Waals surface area contributed by atoms with Gasteiger partial charge in [-0.25, -0.2) is 4.79 Å². The number of urea groups is 1. The van der Waals surface area contributed by atoms with Gasteiger partial charge >= 0.3 is 6.03 Å². The predicted molar refractivity (Wildman–Crippen MR) is 114 cm³/mol.